The van der Waals surface area contributed by atoms with Crippen LogP contribution in [-0.4, -0.2) is 60.9 Å². The van der Waals surface area contributed by atoms with Gasteiger partial charge in [-0.15, -0.1) is 0 Å². The molecule has 1 saturated heterocycles. The molecule has 150 valence electrons. The second kappa shape index (κ2) is 7.55. The van der Waals surface area contributed by atoms with Gasteiger partial charge in [0, 0.05) is 21.1 Å². The molecule has 1 unspecified atom stereocenters. The maximum absolute atomic E-state index is 13.5. The third kappa shape index (κ3) is 3.90. The topological polar surface area (TPSA) is 84.0 Å². The summed E-state index contributed by atoms with van der Waals surface area (Å²) in [7, 11) is -1.31. The highest BCUT2D eigenvalue weighted by Gasteiger charge is 2.47. The van der Waals surface area contributed by atoms with Gasteiger partial charge in [-0.2, -0.15) is 0 Å². The van der Waals surface area contributed by atoms with Crippen molar-refractivity contribution in [2.45, 2.75) is 44.6 Å². The second-order valence-corrected chi connectivity index (χ2v) is 13.9. The van der Waals surface area contributed by atoms with E-state index in [1.807, 2.05) is 0 Å². The summed E-state index contributed by atoms with van der Waals surface area (Å²) in [5.74, 6) is -3.03. The molecule has 1 fully saturated rings. The highest BCUT2D eigenvalue weighted by atomic mass is 28.3. The molecule has 0 saturated carbocycles. The first-order chi connectivity index (χ1) is 13.1. The number of rotatable bonds is 6. The van der Waals surface area contributed by atoms with Crippen molar-refractivity contribution in [1.29, 1.82) is 0 Å². The van der Waals surface area contributed by atoms with Crippen LogP contribution in [0.3, 0.4) is 0 Å². The number of benzene rings is 1. The van der Waals surface area contributed by atoms with Crippen LogP contribution in [0.25, 0.3) is 0 Å². The molecule has 9 heteroatoms. The van der Waals surface area contributed by atoms with Crippen LogP contribution in [0.4, 0.5) is 4.39 Å². The number of nitrogens with zero attached hydrogens (tertiary/aromatic N) is 2. The molecule has 2 aliphatic heterocycles. The first-order valence-electron chi connectivity index (χ1n) is 9.19. The van der Waals surface area contributed by atoms with Gasteiger partial charge in [-0.05, 0) is 30.7 Å². The zero-order valence-electron chi connectivity index (χ0n) is 16.2. The average molecular weight is 406 g/mol. The van der Waals surface area contributed by atoms with Gasteiger partial charge in [0.15, 0.2) is 0 Å². The van der Waals surface area contributed by atoms with Crippen LogP contribution < -0.4 is 0 Å². The molecule has 2 aliphatic rings. The van der Waals surface area contributed by atoms with Gasteiger partial charge in [-0.1, -0.05) is 19.6 Å². The number of carbonyl (C=O) groups excluding carboxylic acids is 4. The highest BCUT2D eigenvalue weighted by Crippen LogP contribution is 2.29. The normalized spacial score (nSPS) is 20.2. The Hall–Kier alpha value is -2.39. The number of hydrogen-bond acceptors (Lipinski definition) is 5. The number of piperidine rings is 1. The minimum Gasteiger partial charge on any atom is -0.361 e. The molecule has 0 aromatic heterocycles. The summed E-state index contributed by atoms with van der Waals surface area (Å²) in [6.45, 7) is 6.80. The summed E-state index contributed by atoms with van der Waals surface area (Å²) in [5, 5.41) is 0. The van der Waals surface area contributed by atoms with Gasteiger partial charge in [0.05, 0.1) is 11.1 Å². The third-order valence-corrected chi connectivity index (χ3v) is 6.60. The molecule has 2 heterocycles. The van der Waals surface area contributed by atoms with Gasteiger partial charge in [0.25, 0.3) is 17.7 Å². The minimum atomic E-state index is -1.31. The summed E-state index contributed by atoms with van der Waals surface area (Å²) < 4.78 is 19.0. The monoisotopic (exact) mass is 406 g/mol. The molecule has 0 spiro atoms. The Labute approximate surface area is 163 Å². The zero-order chi connectivity index (χ0) is 20.6. The molecule has 0 radical (unpaired) electrons. The molecule has 0 aliphatic carbocycles. The van der Waals surface area contributed by atoms with Crippen molar-refractivity contribution in [1.82, 2.24) is 9.80 Å². The number of ether oxygens (including phenoxy) is 1. The smallest absolute Gasteiger partial charge is 0.262 e. The first-order valence-corrected chi connectivity index (χ1v) is 12.9. The lowest BCUT2D eigenvalue weighted by Gasteiger charge is -2.34. The third-order valence-electron chi connectivity index (χ3n) is 4.89. The Morgan fingerprint density at radius 1 is 1.11 bits per heavy atom. The number of amides is 4. The Kier molecular flexibility index (Phi) is 5.49. The highest BCUT2D eigenvalue weighted by molar-refractivity contribution is 6.76. The van der Waals surface area contributed by atoms with E-state index < -0.39 is 43.6 Å². The lowest BCUT2D eigenvalue weighted by molar-refractivity contribution is -0.157. The van der Waals surface area contributed by atoms with Crippen molar-refractivity contribution in [3.63, 3.8) is 0 Å². The Balaban J connectivity index is 1.73. The number of carbonyl (C=O) groups is 4. The fraction of sp³-hybridized carbons (Fsp3) is 0.474. The van der Waals surface area contributed by atoms with Crippen LogP contribution in [-0.2, 0) is 14.3 Å². The summed E-state index contributed by atoms with van der Waals surface area (Å²) >= 11 is 0. The molecule has 4 amide bonds. The average Bonchev–Trinajstić information content (AvgIpc) is 2.84. The van der Waals surface area contributed by atoms with Gasteiger partial charge in [0.1, 0.15) is 18.6 Å². The fourth-order valence-electron chi connectivity index (χ4n) is 3.25. The van der Waals surface area contributed by atoms with E-state index in [4.69, 9.17) is 4.74 Å². The van der Waals surface area contributed by atoms with E-state index >= 15 is 0 Å². The van der Waals surface area contributed by atoms with E-state index in [0.29, 0.717) is 6.61 Å². The predicted molar refractivity (Wildman–Crippen MR) is 101 cm³/mol. The quantitative estimate of drug-likeness (QED) is 0.411. The SMILES string of the molecule is C[Si](C)(C)CCOCN1C(=O)CCC(N2C(=O)c3ccc(F)cc3C2=O)C1=O. The zero-order valence-corrected chi connectivity index (χ0v) is 17.2. The van der Waals surface area contributed by atoms with E-state index in [1.54, 1.807) is 0 Å². The molecular weight excluding hydrogens is 383 g/mol. The maximum atomic E-state index is 13.5. The van der Waals surface area contributed by atoms with Gasteiger partial charge in [0.2, 0.25) is 5.91 Å². The fourth-order valence-corrected chi connectivity index (χ4v) is 4.00. The number of fused-ring (bicyclic) bond motifs is 1. The molecular formula is C19H23FN2O5Si. The van der Waals surface area contributed by atoms with Crippen molar-refractivity contribution < 1.29 is 28.3 Å². The van der Waals surface area contributed by atoms with E-state index in [9.17, 15) is 23.6 Å². The minimum absolute atomic E-state index is 0.0234. The van der Waals surface area contributed by atoms with Crippen LogP contribution in [0.15, 0.2) is 18.2 Å². The van der Waals surface area contributed by atoms with Crippen LogP contribution in [0, 0.1) is 5.82 Å². The van der Waals surface area contributed by atoms with Crippen LogP contribution in [0.5, 0.6) is 0 Å². The van der Waals surface area contributed by atoms with E-state index in [2.05, 4.69) is 19.6 Å². The predicted octanol–water partition coefficient (Wildman–Crippen LogP) is 2.25. The second-order valence-electron chi connectivity index (χ2n) is 8.23. The standard InChI is InChI=1S/C19H23FN2O5Si/c1-28(2,3)9-8-27-11-21-16(23)7-6-15(19(21)26)22-17(24)13-5-4-12(20)10-14(13)18(22)25/h4-5,10,15H,6-9,11H2,1-3H3. The van der Waals surface area contributed by atoms with Crippen LogP contribution in [0.2, 0.25) is 25.7 Å². The summed E-state index contributed by atoms with van der Waals surface area (Å²) in [4.78, 5) is 52.1. The first kappa shape index (κ1) is 20.3. The summed E-state index contributed by atoms with van der Waals surface area (Å²) in [5.41, 5.74) is 0.00155. The number of imide groups is 2. The lowest BCUT2D eigenvalue weighted by Crippen LogP contribution is -2.56. The summed E-state index contributed by atoms with van der Waals surface area (Å²) in [6, 6.07) is 3.12. The van der Waals surface area contributed by atoms with Crippen LogP contribution in [0.1, 0.15) is 33.6 Å². The van der Waals surface area contributed by atoms with Crippen molar-refractivity contribution in [3.05, 3.63) is 35.1 Å². The van der Waals surface area contributed by atoms with Gasteiger partial charge in [-0.3, -0.25) is 29.0 Å². The molecule has 0 N–H and O–H groups in total. The number of halogens is 1. The molecule has 0 bridgehead atoms. The summed E-state index contributed by atoms with van der Waals surface area (Å²) in [6.07, 6.45) is 0.0760. The Morgan fingerprint density at radius 3 is 2.46 bits per heavy atom. The van der Waals surface area contributed by atoms with Gasteiger partial charge in [-0.25, -0.2) is 4.39 Å². The Morgan fingerprint density at radius 2 is 1.79 bits per heavy atom. The molecule has 7 nitrogen and oxygen atoms in total. The van der Waals surface area contributed by atoms with Crippen molar-refractivity contribution in [2.24, 2.45) is 0 Å². The number of likely N-dealkylation sites (tertiary alicyclic amines) is 1. The van der Waals surface area contributed by atoms with Crippen LogP contribution >= 0.6 is 0 Å². The number of hydrogen-bond donors (Lipinski definition) is 0. The molecule has 28 heavy (non-hydrogen) atoms. The Bertz CT molecular complexity index is 851. The van der Waals surface area contributed by atoms with Gasteiger partial charge < -0.3 is 4.74 Å². The molecule has 3 rings (SSSR count). The maximum Gasteiger partial charge on any atom is 0.262 e. The van der Waals surface area contributed by atoms with Crippen molar-refractivity contribution >= 4 is 31.7 Å². The van der Waals surface area contributed by atoms with E-state index in [0.717, 1.165) is 28.0 Å². The van der Waals surface area contributed by atoms with Crippen molar-refractivity contribution in [3.8, 4) is 0 Å². The van der Waals surface area contributed by atoms with Gasteiger partial charge >= 0.3 is 0 Å². The van der Waals surface area contributed by atoms with Crippen molar-refractivity contribution in [2.75, 3.05) is 13.3 Å². The lowest BCUT2D eigenvalue weighted by atomic mass is 10.0. The largest absolute Gasteiger partial charge is 0.361 e. The molecule has 1 aromatic carbocycles. The van der Waals surface area contributed by atoms with E-state index in [-0.39, 0.29) is 30.7 Å². The van der Waals surface area contributed by atoms with E-state index in [1.165, 1.54) is 6.07 Å². The molecule has 1 aromatic rings. The molecule has 1 atom stereocenters.